The molecule has 0 aromatic carbocycles. The second-order valence-electron chi connectivity index (χ2n) is 7.57. The maximum atomic E-state index is 11.1. The number of hydrogen-bond acceptors (Lipinski definition) is 1. The summed E-state index contributed by atoms with van der Waals surface area (Å²) >= 11 is 0. The van der Waals surface area contributed by atoms with Crippen LogP contribution in [-0.2, 0) is 4.79 Å². The van der Waals surface area contributed by atoms with E-state index >= 15 is 0 Å². The van der Waals surface area contributed by atoms with Crippen molar-refractivity contribution in [1.82, 2.24) is 0 Å². The molecule has 1 N–H and O–H groups in total. The molecule has 0 amide bonds. The molecule has 0 aromatic rings. The predicted molar refractivity (Wildman–Crippen MR) is 101 cm³/mol. The molecule has 1 unspecified atom stereocenters. The number of aliphatic carboxylic acids is 1. The van der Waals surface area contributed by atoms with Crippen LogP contribution in [-0.4, -0.2) is 11.1 Å². The van der Waals surface area contributed by atoms with Crippen LogP contribution in [0.4, 0.5) is 0 Å². The highest BCUT2D eigenvalue weighted by Crippen LogP contribution is 2.20. The Kier molecular flexibility index (Phi) is 16.0. The minimum absolute atomic E-state index is 0.146. The van der Waals surface area contributed by atoms with Crippen molar-refractivity contribution < 1.29 is 9.90 Å². The van der Waals surface area contributed by atoms with E-state index in [-0.39, 0.29) is 11.8 Å². The SMILES string of the molecule is CCCCCCCCCCCCCCCCC(C(=O)O)C(C)C. The van der Waals surface area contributed by atoms with Crippen LogP contribution in [0.15, 0.2) is 0 Å². The molecule has 1 atom stereocenters. The Morgan fingerprint density at radius 2 is 1.04 bits per heavy atom. The van der Waals surface area contributed by atoms with Crippen LogP contribution in [0.2, 0.25) is 0 Å². The van der Waals surface area contributed by atoms with E-state index in [0.29, 0.717) is 0 Å². The summed E-state index contributed by atoms with van der Waals surface area (Å²) in [6.45, 7) is 6.31. The van der Waals surface area contributed by atoms with Crippen LogP contribution in [0.3, 0.4) is 0 Å². The lowest BCUT2D eigenvalue weighted by atomic mass is 9.90. The van der Waals surface area contributed by atoms with E-state index in [0.717, 1.165) is 12.8 Å². The molecule has 0 heterocycles. The molecule has 23 heavy (non-hydrogen) atoms. The Morgan fingerprint density at radius 1 is 0.696 bits per heavy atom. The van der Waals surface area contributed by atoms with E-state index in [2.05, 4.69) is 6.92 Å². The molecular weight excluding hydrogens is 284 g/mol. The van der Waals surface area contributed by atoms with Crippen molar-refractivity contribution in [3.8, 4) is 0 Å². The van der Waals surface area contributed by atoms with Crippen LogP contribution in [0.25, 0.3) is 0 Å². The van der Waals surface area contributed by atoms with E-state index in [1.807, 2.05) is 13.8 Å². The van der Waals surface area contributed by atoms with E-state index in [4.69, 9.17) is 5.11 Å². The standard InChI is InChI=1S/C21H42O2/c1-4-5-6-7-8-9-10-11-12-13-14-15-16-17-18-20(19(2)3)21(22)23/h19-20H,4-18H2,1-3H3,(H,22,23). The zero-order valence-corrected chi connectivity index (χ0v) is 16.1. The van der Waals surface area contributed by atoms with Crippen LogP contribution in [0.5, 0.6) is 0 Å². The first-order valence-corrected chi connectivity index (χ1v) is 10.3. The van der Waals surface area contributed by atoms with Gasteiger partial charge in [-0.2, -0.15) is 0 Å². The summed E-state index contributed by atoms with van der Waals surface area (Å²) in [5, 5.41) is 9.15. The van der Waals surface area contributed by atoms with Gasteiger partial charge in [0.1, 0.15) is 0 Å². The largest absolute Gasteiger partial charge is 0.481 e. The van der Waals surface area contributed by atoms with Crippen molar-refractivity contribution in [3.05, 3.63) is 0 Å². The smallest absolute Gasteiger partial charge is 0.306 e. The van der Waals surface area contributed by atoms with Crippen LogP contribution in [0.1, 0.15) is 117 Å². The van der Waals surface area contributed by atoms with Crippen molar-refractivity contribution in [2.75, 3.05) is 0 Å². The summed E-state index contributed by atoms with van der Waals surface area (Å²) in [5.74, 6) is -0.503. The van der Waals surface area contributed by atoms with Gasteiger partial charge < -0.3 is 5.11 Å². The quantitative estimate of drug-likeness (QED) is 0.287. The second-order valence-corrected chi connectivity index (χ2v) is 7.57. The van der Waals surface area contributed by atoms with E-state index in [1.54, 1.807) is 0 Å². The van der Waals surface area contributed by atoms with Gasteiger partial charge in [0.15, 0.2) is 0 Å². The van der Waals surface area contributed by atoms with Gasteiger partial charge in [-0.3, -0.25) is 4.79 Å². The monoisotopic (exact) mass is 326 g/mol. The Bertz CT molecular complexity index is 261. The third kappa shape index (κ3) is 14.8. The molecule has 0 aliphatic rings. The lowest BCUT2D eigenvalue weighted by molar-refractivity contribution is -0.143. The Balaban J connectivity index is 3.23. The summed E-state index contributed by atoms with van der Waals surface area (Å²) in [4.78, 5) is 11.1. The van der Waals surface area contributed by atoms with Crippen LogP contribution in [0, 0.1) is 11.8 Å². The van der Waals surface area contributed by atoms with Gasteiger partial charge in [0.05, 0.1) is 5.92 Å². The summed E-state index contributed by atoms with van der Waals surface area (Å²) in [5.41, 5.74) is 0. The normalized spacial score (nSPS) is 12.7. The molecule has 0 rings (SSSR count). The average molecular weight is 327 g/mol. The molecule has 0 fully saturated rings. The molecule has 2 nitrogen and oxygen atoms in total. The highest BCUT2D eigenvalue weighted by molar-refractivity contribution is 5.70. The Morgan fingerprint density at radius 3 is 1.35 bits per heavy atom. The Labute approximate surface area is 145 Å². The first-order chi connectivity index (χ1) is 11.1. The van der Waals surface area contributed by atoms with Gasteiger partial charge in [-0.25, -0.2) is 0 Å². The third-order valence-electron chi connectivity index (χ3n) is 4.99. The lowest BCUT2D eigenvalue weighted by Crippen LogP contribution is -2.19. The number of rotatable bonds is 17. The summed E-state index contributed by atoms with van der Waals surface area (Å²) < 4.78 is 0. The van der Waals surface area contributed by atoms with E-state index in [9.17, 15) is 4.79 Å². The van der Waals surface area contributed by atoms with Gasteiger partial charge in [-0.15, -0.1) is 0 Å². The molecule has 2 heteroatoms. The van der Waals surface area contributed by atoms with Crippen molar-refractivity contribution >= 4 is 5.97 Å². The topological polar surface area (TPSA) is 37.3 Å². The Hall–Kier alpha value is -0.530. The van der Waals surface area contributed by atoms with E-state index in [1.165, 1.54) is 83.5 Å². The molecule has 0 aromatic heterocycles. The van der Waals surface area contributed by atoms with Gasteiger partial charge in [0.2, 0.25) is 0 Å². The van der Waals surface area contributed by atoms with Gasteiger partial charge in [-0.1, -0.05) is 111 Å². The third-order valence-corrected chi connectivity index (χ3v) is 4.99. The minimum atomic E-state index is -0.616. The van der Waals surface area contributed by atoms with Crippen molar-refractivity contribution in [2.24, 2.45) is 11.8 Å². The predicted octanol–water partition coefficient (Wildman–Crippen LogP) is 7.21. The molecule has 0 radical (unpaired) electrons. The molecule has 0 bridgehead atoms. The number of unbranched alkanes of at least 4 members (excludes halogenated alkanes) is 13. The van der Waals surface area contributed by atoms with Gasteiger partial charge in [-0.05, 0) is 12.3 Å². The van der Waals surface area contributed by atoms with Gasteiger partial charge in [0.25, 0.3) is 0 Å². The molecule has 0 aliphatic carbocycles. The van der Waals surface area contributed by atoms with Gasteiger partial charge in [0, 0.05) is 0 Å². The van der Waals surface area contributed by atoms with Crippen LogP contribution < -0.4 is 0 Å². The van der Waals surface area contributed by atoms with Crippen molar-refractivity contribution in [2.45, 2.75) is 117 Å². The fourth-order valence-corrected chi connectivity index (χ4v) is 3.30. The molecule has 0 spiro atoms. The summed E-state index contributed by atoms with van der Waals surface area (Å²) in [7, 11) is 0. The zero-order valence-electron chi connectivity index (χ0n) is 16.1. The van der Waals surface area contributed by atoms with Crippen molar-refractivity contribution in [1.29, 1.82) is 0 Å². The average Bonchev–Trinajstić information content (AvgIpc) is 2.50. The maximum Gasteiger partial charge on any atom is 0.306 e. The van der Waals surface area contributed by atoms with E-state index < -0.39 is 5.97 Å². The highest BCUT2D eigenvalue weighted by Gasteiger charge is 2.20. The lowest BCUT2D eigenvalue weighted by Gasteiger charge is -2.15. The molecule has 0 saturated heterocycles. The zero-order chi connectivity index (χ0) is 17.3. The first-order valence-electron chi connectivity index (χ1n) is 10.3. The maximum absolute atomic E-state index is 11.1. The molecule has 0 aliphatic heterocycles. The number of carboxylic acids is 1. The minimum Gasteiger partial charge on any atom is -0.481 e. The second kappa shape index (κ2) is 16.3. The fourth-order valence-electron chi connectivity index (χ4n) is 3.30. The molecule has 138 valence electrons. The van der Waals surface area contributed by atoms with Crippen LogP contribution >= 0.6 is 0 Å². The molecule has 0 saturated carbocycles. The van der Waals surface area contributed by atoms with Crippen molar-refractivity contribution in [3.63, 3.8) is 0 Å². The highest BCUT2D eigenvalue weighted by atomic mass is 16.4. The summed E-state index contributed by atoms with van der Waals surface area (Å²) in [6.07, 6.45) is 19.8. The fraction of sp³-hybridized carbons (Fsp3) is 0.952. The molecular formula is C21H42O2. The first kappa shape index (κ1) is 22.5. The number of carbonyl (C=O) groups is 1. The number of hydrogen-bond donors (Lipinski definition) is 1. The number of carboxylic acid groups (broad SMARTS) is 1. The van der Waals surface area contributed by atoms with Gasteiger partial charge >= 0.3 is 5.97 Å². The summed E-state index contributed by atoms with van der Waals surface area (Å²) in [6, 6.07) is 0.